The van der Waals surface area contributed by atoms with Gasteiger partial charge in [-0.3, -0.25) is 0 Å². The van der Waals surface area contributed by atoms with Crippen molar-refractivity contribution in [2.24, 2.45) is 5.73 Å². The van der Waals surface area contributed by atoms with Crippen molar-refractivity contribution in [1.82, 2.24) is 0 Å². The van der Waals surface area contributed by atoms with E-state index in [0.29, 0.717) is 12.8 Å². The molecule has 16 heavy (non-hydrogen) atoms. The second-order valence-corrected chi connectivity index (χ2v) is 4.49. The third-order valence-corrected chi connectivity index (χ3v) is 2.96. The van der Waals surface area contributed by atoms with Gasteiger partial charge in [-0.2, -0.15) is 13.2 Å². The van der Waals surface area contributed by atoms with Gasteiger partial charge in [0.25, 0.3) is 0 Å². The van der Waals surface area contributed by atoms with Crippen molar-refractivity contribution in [3.8, 4) is 0 Å². The summed E-state index contributed by atoms with van der Waals surface area (Å²) < 4.78 is 43.7. The first kappa shape index (κ1) is 13.7. The zero-order valence-corrected chi connectivity index (χ0v) is 9.26. The van der Waals surface area contributed by atoms with Gasteiger partial charge in [0.15, 0.2) is 5.60 Å². The maximum atomic E-state index is 12.9. The van der Waals surface area contributed by atoms with Crippen molar-refractivity contribution < 1.29 is 23.0 Å². The summed E-state index contributed by atoms with van der Waals surface area (Å²) in [4.78, 5) is 0. The molecule has 0 aromatic rings. The van der Waals surface area contributed by atoms with Crippen LogP contribution in [0.4, 0.5) is 13.2 Å². The van der Waals surface area contributed by atoms with Crippen LogP contribution in [0.2, 0.25) is 0 Å². The molecule has 0 unspecified atom stereocenters. The van der Waals surface area contributed by atoms with Gasteiger partial charge >= 0.3 is 6.18 Å². The normalized spacial score (nSPS) is 33.8. The van der Waals surface area contributed by atoms with Crippen LogP contribution in [0.15, 0.2) is 0 Å². The molecule has 3 nitrogen and oxygen atoms in total. The fraction of sp³-hybridized carbons (Fsp3) is 1.00. The molecule has 0 amide bonds. The Labute approximate surface area is 92.8 Å². The summed E-state index contributed by atoms with van der Waals surface area (Å²) in [5.74, 6) is 0. The summed E-state index contributed by atoms with van der Waals surface area (Å²) in [7, 11) is 0. The lowest BCUT2D eigenvalue weighted by Crippen LogP contribution is -2.52. The Morgan fingerprint density at radius 1 is 1.44 bits per heavy atom. The molecule has 1 aliphatic rings. The summed E-state index contributed by atoms with van der Waals surface area (Å²) in [5, 5.41) is 9.00. The maximum absolute atomic E-state index is 12.9. The minimum Gasteiger partial charge on any atom is -0.391 e. The molecule has 0 heterocycles. The summed E-state index contributed by atoms with van der Waals surface area (Å²) in [6.45, 7) is 1.10. The fourth-order valence-corrected chi connectivity index (χ4v) is 1.90. The number of aliphatic hydroxyl groups is 1. The largest absolute Gasteiger partial charge is 0.417 e. The molecule has 0 aromatic carbocycles. The Hall–Kier alpha value is -0.330. The monoisotopic (exact) mass is 241 g/mol. The highest BCUT2D eigenvalue weighted by molar-refractivity contribution is 4.94. The Morgan fingerprint density at radius 3 is 2.31 bits per heavy atom. The third-order valence-electron chi connectivity index (χ3n) is 2.96. The van der Waals surface area contributed by atoms with Gasteiger partial charge in [0.1, 0.15) is 0 Å². The summed E-state index contributed by atoms with van der Waals surface area (Å²) in [6, 6.07) is -0.175. The maximum Gasteiger partial charge on any atom is 0.417 e. The Kier molecular flexibility index (Phi) is 4.20. The SMILES string of the molecule is C[C@H](O)CO[C@]1(C(F)(F)F)CC[C@@H](N)CC1. The van der Waals surface area contributed by atoms with Crippen molar-refractivity contribution in [2.45, 2.75) is 56.5 Å². The molecule has 0 saturated heterocycles. The van der Waals surface area contributed by atoms with Crippen molar-refractivity contribution in [3.05, 3.63) is 0 Å². The third kappa shape index (κ3) is 3.09. The quantitative estimate of drug-likeness (QED) is 0.788. The van der Waals surface area contributed by atoms with Crippen LogP contribution in [0, 0.1) is 0 Å². The van der Waals surface area contributed by atoms with E-state index >= 15 is 0 Å². The smallest absolute Gasteiger partial charge is 0.391 e. The number of nitrogens with two attached hydrogens (primary N) is 1. The fourth-order valence-electron chi connectivity index (χ4n) is 1.90. The first-order chi connectivity index (χ1) is 7.27. The summed E-state index contributed by atoms with van der Waals surface area (Å²) in [5.41, 5.74) is 3.47. The van der Waals surface area contributed by atoms with E-state index in [-0.39, 0.29) is 25.5 Å². The van der Waals surface area contributed by atoms with E-state index in [1.165, 1.54) is 6.92 Å². The predicted octanol–water partition coefficient (Wildman–Crippen LogP) is 1.59. The molecule has 1 fully saturated rings. The Balaban J connectivity index is 2.70. The van der Waals surface area contributed by atoms with Gasteiger partial charge in [-0.1, -0.05) is 0 Å². The van der Waals surface area contributed by atoms with Crippen LogP contribution in [0.5, 0.6) is 0 Å². The summed E-state index contributed by atoms with van der Waals surface area (Å²) in [6.07, 6.45) is -4.93. The van der Waals surface area contributed by atoms with E-state index in [0.717, 1.165) is 0 Å². The first-order valence-electron chi connectivity index (χ1n) is 5.41. The van der Waals surface area contributed by atoms with Crippen molar-refractivity contribution in [1.29, 1.82) is 0 Å². The molecule has 0 radical (unpaired) electrons. The standard InChI is InChI=1S/C10H18F3NO2/c1-7(15)6-16-9(10(11,12)13)4-2-8(14)3-5-9/h7-8,15H,2-6,14H2,1H3/t7-,8-,9-/m0/s1. The number of hydrogen-bond acceptors (Lipinski definition) is 3. The highest BCUT2D eigenvalue weighted by Crippen LogP contribution is 2.44. The molecular formula is C10H18F3NO2. The molecular weight excluding hydrogens is 223 g/mol. The average Bonchev–Trinajstić information content (AvgIpc) is 2.15. The van der Waals surface area contributed by atoms with Crippen molar-refractivity contribution >= 4 is 0 Å². The molecule has 1 saturated carbocycles. The molecule has 1 aliphatic carbocycles. The highest BCUT2D eigenvalue weighted by Gasteiger charge is 2.56. The molecule has 0 spiro atoms. The number of aliphatic hydroxyl groups excluding tert-OH is 1. The van der Waals surface area contributed by atoms with E-state index in [1.807, 2.05) is 0 Å². The number of halogens is 3. The number of hydrogen-bond donors (Lipinski definition) is 2. The van der Waals surface area contributed by atoms with Gasteiger partial charge in [0, 0.05) is 6.04 Å². The Bertz CT molecular complexity index is 223. The topological polar surface area (TPSA) is 55.5 Å². The molecule has 0 bridgehead atoms. The van der Waals surface area contributed by atoms with E-state index < -0.39 is 17.9 Å². The molecule has 6 heteroatoms. The van der Waals surface area contributed by atoms with Gasteiger partial charge in [0.05, 0.1) is 12.7 Å². The van der Waals surface area contributed by atoms with Crippen LogP contribution in [0.1, 0.15) is 32.6 Å². The lowest BCUT2D eigenvalue weighted by Gasteiger charge is -2.40. The molecule has 3 N–H and O–H groups in total. The number of alkyl halides is 3. The van der Waals surface area contributed by atoms with Gasteiger partial charge in [-0.15, -0.1) is 0 Å². The molecule has 1 atom stereocenters. The lowest BCUT2D eigenvalue weighted by molar-refractivity contribution is -0.292. The van der Waals surface area contributed by atoms with Crippen LogP contribution in [-0.4, -0.2) is 35.6 Å². The number of ether oxygens (including phenoxy) is 1. The zero-order chi connectivity index (χ0) is 12.4. The second-order valence-electron chi connectivity index (χ2n) is 4.49. The van der Waals surface area contributed by atoms with Gasteiger partial charge < -0.3 is 15.6 Å². The molecule has 0 aromatic heterocycles. The summed E-state index contributed by atoms with van der Waals surface area (Å²) >= 11 is 0. The van der Waals surface area contributed by atoms with Crippen LogP contribution >= 0.6 is 0 Å². The van der Waals surface area contributed by atoms with Gasteiger partial charge in [-0.25, -0.2) is 0 Å². The average molecular weight is 241 g/mol. The number of rotatable bonds is 3. The zero-order valence-electron chi connectivity index (χ0n) is 9.26. The molecule has 96 valence electrons. The minimum atomic E-state index is -4.40. The lowest BCUT2D eigenvalue weighted by atomic mass is 9.81. The van der Waals surface area contributed by atoms with E-state index in [9.17, 15) is 13.2 Å². The molecule has 1 rings (SSSR count). The molecule has 0 aliphatic heterocycles. The van der Waals surface area contributed by atoms with Crippen LogP contribution in [0.25, 0.3) is 0 Å². The van der Waals surface area contributed by atoms with Gasteiger partial charge in [0.2, 0.25) is 0 Å². The van der Waals surface area contributed by atoms with E-state index in [2.05, 4.69) is 0 Å². The minimum absolute atomic E-state index is 0.121. The van der Waals surface area contributed by atoms with E-state index in [4.69, 9.17) is 15.6 Å². The highest BCUT2D eigenvalue weighted by atomic mass is 19.4. The van der Waals surface area contributed by atoms with Crippen molar-refractivity contribution in [3.63, 3.8) is 0 Å². The van der Waals surface area contributed by atoms with E-state index in [1.54, 1.807) is 0 Å². The van der Waals surface area contributed by atoms with Crippen molar-refractivity contribution in [2.75, 3.05) is 6.61 Å². The second kappa shape index (κ2) is 4.89. The van der Waals surface area contributed by atoms with Crippen LogP contribution < -0.4 is 5.73 Å². The first-order valence-corrected chi connectivity index (χ1v) is 5.41. The van der Waals surface area contributed by atoms with Crippen LogP contribution in [0.3, 0.4) is 0 Å². The van der Waals surface area contributed by atoms with Gasteiger partial charge in [-0.05, 0) is 32.6 Å². The predicted molar refractivity (Wildman–Crippen MR) is 52.9 cm³/mol. The van der Waals surface area contributed by atoms with Crippen LogP contribution in [-0.2, 0) is 4.74 Å². The Morgan fingerprint density at radius 2 is 1.94 bits per heavy atom.